The predicted molar refractivity (Wildman–Crippen MR) is 97.3 cm³/mol. The minimum absolute atomic E-state index is 0.0186. The van der Waals surface area contributed by atoms with Crippen molar-refractivity contribution in [3.05, 3.63) is 34.2 Å². The third-order valence-corrected chi connectivity index (χ3v) is 8.12. The Labute approximate surface area is 151 Å². The molecule has 3 rings (SSSR count). The van der Waals surface area contributed by atoms with Crippen molar-refractivity contribution < 1.29 is 18.3 Å². The number of ether oxygens (including phenoxy) is 1. The van der Waals surface area contributed by atoms with Crippen LogP contribution >= 0.6 is 0 Å². The number of rotatable bonds is 4. The molecular weight excluding hydrogens is 360 g/mol. The summed E-state index contributed by atoms with van der Waals surface area (Å²) in [6, 6.07) is 4.31. The molecular formula is C16H21F2N5O2Si. The van der Waals surface area contributed by atoms with E-state index in [-0.39, 0.29) is 24.5 Å². The molecule has 0 N–H and O–H groups in total. The molecule has 2 saturated heterocycles. The number of hydrogen-bond donors (Lipinski definition) is 0. The number of anilines is 2. The van der Waals surface area contributed by atoms with Gasteiger partial charge in [0.15, 0.2) is 11.6 Å². The number of nitrogens with zero attached hydrogens (tertiary/aromatic N) is 5. The van der Waals surface area contributed by atoms with Gasteiger partial charge in [0, 0.05) is 30.1 Å². The smallest absolute Gasteiger partial charge is 0.414 e. The number of amides is 1. The van der Waals surface area contributed by atoms with Gasteiger partial charge in [0.25, 0.3) is 0 Å². The molecule has 0 radical (unpaired) electrons. The fourth-order valence-electron chi connectivity index (χ4n) is 3.30. The molecule has 2 aliphatic heterocycles. The number of hydrogen-bond acceptors (Lipinski definition) is 4. The van der Waals surface area contributed by atoms with Gasteiger partial charge in [-0.1, -0.05) is 18.2 Å². The summed E-state index contributed by atoms with van der Waals surface area (Å²) in [5, 5.41) is 3.36. The van der Waals surface area contributed by atoms with Gasteiger partial charge in [0.2, 0.25) is 0 Å². The molecule has 1 aromatic carbocycles. The van der Waals surface area contributed by atoms with E-state index in [1.807, 2.05) is 0 Å². The van der Waals surface area contributed by atoms with E-state index in [0.717, 1.165) is 29.1 Å². The summed E-state index contributed by atoms with van der Waals surface area (Å²) in [5.41, 5.74) is 8.41. The van der Waals surface area contributed by atoms with Gasteiger partial charge in [-0.25, -0.2) is 13.6 Å². The second-order valence-electron chi connectivity index (χ2n) is 7.44. The van der Waals surface area contributed by atoms with Crippen molar-refractivity contribution in [2.75, 3.05) is 36.0 Å². The van der Waals surface area contributed by atoms with Gasteiger partial charge in [-0.3, -0.25) is 4.90 Å². The Kier molecular flexibility index (Phi) is 5.06. The quantitative estimate of drug-likeness (QED) is 0.340. The third-order valence-electron chi connectivity index (χ3n) is 4.97. The number of azide groups is 1. The van der Waals surface area contributed by atoms with E-state index in [1.54, 1.807) is 4.90 Å². The Hall–Kier alpha value is -2.32. The van der Waals surface area contributed by atoms with Crippen LogP contribution in [0.15, 0.2) is 17.2 Å². The van der Waals surface area contributed by atoms with Crippen molar-refractivity contribution in [1.82, 2.24) is 0 Å². The number of cyclic esters (lactones) is 1. The Bertz CT molecular complexity index is 736. The summed E-state index contributed by atoms with van der Waals surface area (Å²) in [6.45, 7) is 5.92. The van der Waals surface area contributed by atoms with Crippen LogP contribution in [0.3, 0.4) is 0 Å². The molecule has 26 heavy (non-hydrogen) atoms. The number of benzene rings is 1. The Morgan fingerprint density at radius 3 is 2.50 bits per heavy atom. The second-order valence-corrected chi connectivity index (χ2v) is 12.8. The first-order chi connectivity index (χ1) is 12.3. The molecule has 1 unspecified atom stereocenters. The first-order valence-electron chi connectivity index (χ1n) is 8.54. The van der Waals surface area contributed by atoms with Crippen molar-refractivity contribution in [3.8, 4) is 0 Å². The zero-order chi connectivity index (χ0) is 18.9. The van der Waals surface area contributed by atoms with Crippen LogP contribution in [0.5, 0.6) is 0 Å². The number of halogens is 2. The molecule has 2 aliphatic rings. The summed E-state index contributed by atoms with van der Waals surface area (Å²) >= 11 is 0. The highest BCUT2D eigenvalue weighted by molar-refractivity contribution is 6.77. The Morgan fingerprint density at radius 1 is 1.31 bits per heavy atom. The first kappa shape index (κ1) is 18.5. The molecule has 0 saturated carbocycles. The molecule has 0 bridgehead atoms. The van der Waals surface area contributed by atoms with Gasteiger partial charge in [-0.15, -0.1) is 0 Å². The SMILES string of the molecule is C[Si]1(C)CCN(c2c(F)cc(N3CC(CN=[N+]=[N-])OC3=O)cc2F)CC1. The maximum absolute atomic E-state index is 14.7. The fraction of sp³-hybridized carbons (Fsp3) is 0.562. The highest BCUT2D eigenvalue weighted by atomic mass is 28.3. The van der Waals surface area contributed by atoms with Crippen LogP contribution in [0.4, 0.5) is 25.0 Å². The Balaban J connectivity index is 1.79. The van der Waals surface area contributed by atoms with Crippen molar-refractivity contribution in [3.63, 3.8) is 0 Å². The van der Waals surface area contributed by atoms with E-state index < -0.39 is 31.9 Å². The maximum Gasteiger partial charge on any atom is 0.414 e. The molecule has 10 heteroatoms. The minimum Gasteiger partial charge on any atom is -0.444 e. The molecule has 0 aromatic heterocycles. The Morgan fingerprint density at radius 2 is 1.92 bits per heavy atom. The highest BCUT2D eigenvalue weighted by Crippen LogP contribution is 2.34. The molecule has 2 heterocycles. The molecule has 1 aromatic rings. The summed E-state index contributed by atoms with van der Waals surface area (Å²) in [7, 11) is -1.25. The molecule has 1 amide bonds. The van der Waals surface area contributed by atoms with Gasteiger partial charge < -0.3 is 9.64 Å². The normalized spacial score (nSPS) is 22.2. The molecule has 0 spiro atoms. The van der Waals surface area contributed by atoms with E-state index in [9.17, 15) is 13.6 Å². The average Bonchev–Trinajstić information content (AvgIpc) is 2.94. The van der Waals surface area contributed by atoms with Crippen molar-refractivity contribution in [1.29, 1.82) is 0 Å². The van der Waals surface area contributed by atoms with Crippen LogP contribution in [0, 0.1) is 11.6 Å². The fourth-order valence-corrected chi connectivity index (χ4v) is 5.30. The number of carbonyl (C=O) groups excluding carboxylic acids is 1. The summed E-state index contributed by atoms with van der Waals surface area (Å²) in [5.74, 6) is -1.37. The largest absolute Gasteiger partial charge is 0.444 e. The molecule has 1 atom stereocenters. The van der Waals surface area contributed by atoms with E-state index >= 15 is 0 Å². The van der Waals surface area contributed by atoms with Gasteiger partial charge in [0.05, 0.1) is 26.9 Å². The van der Waals surface area contributed by atoms with Gasteiger partial charge in [-0.2, -0.15) is 0 Å². The van der Waals surface area contributed by atoms with Gasteiger partial charge in [0.1, 0.15) is 11.8 Å². The first-order valence-corrected chi connectivity index (χ1v) is 12.0. The molecule has 2 fully saturated rings. The van der Waals surface area contributed by atoms with Crippen molar-refractivity contribution in [2.45, 2.75) is 31.3 Å². The third kappa shape index (κ3) is 3.76. The standard InChI is InChI=1S/C16H21F2N5O2Si/c1-26(2)5-3-22(4-6-26)15-13(17)7-11(8-14(15)18)23-10-12(9-20-21-19)25-16(23)24/h7-8,12H,3-6,9-10H2,1-2H3. The molecule has 0 aliphatic carbocycles. The van der Waals surface area contributed by atoms with Crippen LogP contribution < -0.4 is 9.80 Å². The van der Waals surface area contributed by atoms with Crippen LogP contribution in [0.2, 0.25) is 25.2 Å². The van der Waals surface area contributed by atoms with Gasteiger partial charge >= 0.3 is 6.09 Å². The lowest BCUT2D eigenvalue weighted by Crippen LogP contribution is -2.43. The lowest BCUT2D eigenvalue weighted by Gasteiger charge is -2.37. The van der Waals surface area contributed by atoms with Crippen LogP contribution in [0.1, 0.15) is 0 Å². The van der Waals surface area contributed by atoms with Crippen molar-refractivity contribution >= 4 is 25.5 Å². The average molecular weight is 381 g/mol. The lowest BCUT2D eigenvalue weighted by atomic mass is 10.2. The lowest BCUT2D eigenvalue weighted by molar-refractivity contribution is 0.145. The monoisotopic (exact) mass is 381 g/mol. The molecule has 7 nitrogen and oxygen atoms in total. The van der Waals surface area contributed by atoms with Crippen molar-refractivity contribution in [2.24, 2.45) is 5.11 Å². The van der Waals surface area contributed by atoms with Crippen LogP contribution in [0.25, 0.3) is 10.4 Å². The highest BCUT2D eigenvalue weighted by Gasteiger charge is 2.34. The number of carbonyl (C=O) groups is 1. The second kappa shape index (κ2) is 7.12. The predicted octanol–water partition coefficient (Wildman–Crippen LogP) is 4.13. The zero-order valence-corrected chi connectivity index (χ0v) is 15.8. The van der Waals surface area contributed by atoms with E-state index in [1.165, 1.54) is 0 Å². The van der Waals surface area contributed by atoms with E-state index in [0.29, 0.717) is 13.1 Å². The van der Waals surface area contributed by atoms with Crippen LogP contribution in [-0.4, -0.2) is 46.5 Å². The summed E-state index contributed by atoms with van der Waals surface area (Å²) in [4.78, 5) is 17.5. The minimum atomic E-state index is -1.25. The van der Waals surface area contributed by atoms with Gasteiger partial charge in [-0.05, 0) is 17.6 Å². The maximum atomic E-state index is 14.7. The van der Waals surface area contributed by atoms with E-state index in [4.69, 9.17) is 10.3 Å². The summed E-state index contributed by atoms with van der Waals surface area (Å²) < 4.78 is 34.4. The van der Waals surface area contributed by atoms with E-state index in [2.05, 4.69) is 23.1 Å². The zero-order valence-electron chi connectivity index (χ0n) is 14.8. The van der Waals surface area contributed by atoms with Crippen LogP contribution in [-0.2, 0) is 4.74 Å². The molecule has 140 valence electrons. The summed E-state index contributed by atoms with van der Waals surface area (Å²) in [6.07, 6.45) is -1.33. The topological polar surface area (TPSA) is 81.5 Å².